The highest BCUT2D eigenvalue weighted by atomic mass is 19.1. The summed E-state index contributed by atoms with van der Waals surface area (Å²) in [5, 5.41) is 0. The Labute approximate surface area is 140 Å². The Bertz CT molecular complexity index is 602. The minimum atomic E-state index is -1.21. The monoisotopic (exact) mass is 338 g/mol. The number of rotatable bonds is 3. The van der Waals surface area contributed by atoms with Crippen molar-refractivity contribution in [3.63, 3.8) is 0 Å². The second-order valence-electron chi connectivity index (χ2n) is 6.88. The molecule has 1 saturated heterocycles. The van der Waals surface area contributed by atoms with Crippen LogP contribution in [0.15, 0.2) is 24.3 Å². The molecule has 2 rings (SSSR count). The number of hydrogen-bond donors (Lipinski definition) is 1. The van der Waals surface area contributed by atoms with Gasteiger partial charge in [0.05, 0.1) is 0 Å². The number of nitrogens with two attached hydrogens (primary N) is 1. The van der Waals surface area contributed by atoms with E-state index in [1.165, 1.54) is 29.2 Å². The summed E-state index contributed by atoms with van der Waals surface area (Å²) in [4.78, 5) is 25.6. The van der Waals surface area contributed by atoms with Crippen molar-refractivity contribution in [1.82, 2.24) is 4.90 Å². The molecule has 0 bridgehead atoms. The summed E-state index contributed by atoms with van der Waals surface area (Å²) in [6.45, 7) is 5.96. The van der Waals surface area contributed by atoms with Gasteiger partial charge in [0.15, 0.2) is 5.60 Å². The van der Waals surface area contributed by atoms with Crippen LogP contribution in [0.4, 0.5) is 9.18 Å². The van der Waals surface area contributed by atoms with Gasteiger partial charge in [-0.15, -0.1) is 0 Å². The zero-order valence-electron chi connectivity index (χ0n) is 14.2. The lowest BCUT2D eigenvalue weighted by molar-refractivity contribution is -0.137. The molecule has 1 heterocycles. The van der Waals surface area contributed by atoms with Gasteiger partial charge in [-0.2, -0.15) is 0 Å². The smallest absolute Gasteiger partial charge is 0.410 e. The average molecular weight is 338 g/mol. The van der Waals surface area contributed by atoms with Gasteiger partial charge in [-0.25, -0.2) is 9.18 Å². The molecule has 6 nitrogen and oxygen atoms in total. The number of piperidine rings is 1. The number of hydrogen-bond acceptors (Lipinski definition) is 4. The maximum Gasteiger partial charge on any atom is 0.410 e. The fraction of sp³-hybridized carbons (Fsp3) is 0.529. The van der Waals surface area contributed by atoms with Crippen molar-refractivity contribution < 1.29 is 23.5 Å². The van der Waals surface area contributed by atoms with E-state index in [9.17, 15) is 14.0 Å². The van der Waals surface area contributed by atoms with E-state index in [4.69, 9.17) is 15.2 Å². The highest BCUT2D eigenvalue weighted by molar-refractivity contribution is 5.84. The number of ether oxygens (including phenoxy) is 2. The van der Waals surface area contributed by atoms with Gasteiger partial charge in [0.2, 0.25) is 0 Å². The summed E-state index contributed by atoms with van der Waals surface area (Å²) in [7, 11) is 0. The van der Waals surface area contributed by atoms with Gasteiger partial charge < -0.3 is 20.1 Å². The minimum Gasteiger partial charge on any atom is -0.477 e. The Morgan fingerprint density at radius 1 is 1.17 bits per heavy atom. The molecule has 0 spiro atoms. The molecule has 2 N–H and O–H groups in total. The quantitative estimate of drug-likeness (QED) is 0.918. The molecular formula is C17H23FN2O4. The molecule has 1 aliphatic rings. The fourth-order valence-electron chi connectivity index (χ4n) is 2.50. The molecule has 1 aromatic rings. The van der Waals surface area contributed by atoms with Crippen LogP contribution in [0.5, 0.6) is 5.75 Å². The topological polar surface area (TPSA) is 81.9 Å². The predicted molar refractivity (Wildman–Crippen MR) is 86.0 cm³/mol. The van der Waals surface area contributed by atoms with E-state index in [0.29, 0.717) is 18.8 Å². The van der Waals surface area contributed by atoms with Crippen molar-refractivity contribution in [2.45, 2.75) is 44.8 Å². The highest BCUT2D eigenvalue weighted by Gasteiger charge is 2.44. The predicted octanol–water partition coefficient (Wildman–Crippen LogP) is 2.46. The number of carbonyl (C=O) groups excluding carboxylic acids is 2. The summed E-state index contributed by atoms with van der Waals surface area (Å²) in [5.74, 6) is -0.633. The van der Waals surface area contributed by atoms with Gasteiger partial charge in [-0.3, -0.25) is 4.79 Å². The van der Waals surface area contributed by atoms with Crippen LogP contribution in [0.2, 0.25) is 0 Å². The minimum absolute atomic E-state index is 0.249. The summed E-state index contributed by atoms with van der Waals surface area (Å²) in [6.07, 6.45) is 0.0695. The fourth-order valence-corrected chi connectivity index (χ4v) is 2.50. The Balaban J connectivity index is 2.05. The van der Waals surface area contributed by atoms with Crippen LogP contribution in [0.3, 0.4) is 0 Å². The number of primary amides is 1. The van der Waals surface area contributed by atoms with E-state index in [1.54, 1.807) is 20.8 Å². The Kier molecular flexibility index (Phi) is 5.01. The molecular weight excluding hydrogens is 315 g/mol. The van der Waals surface area contributed by atoms with Crippen molar-refractivity contribution >= 4 is 12.0 Å². The Morgan fingerprint density at radius 3 is 2.17 bits per heavy atom. The Hall–Kier alpha value is -2.31. The van der Waals surface area contributed by atoms with Gasteiger partial charge in [0.1, 0.15) is 17.2 Å². The number of amides is 2. The maximum absolute atomic E-state index is 13.0. The Morgan fingerprint density at radius 2 is 1.71 bits per heavy atom. The summed E-state index contributed by atoms with van der Waals surface area (Å²) >= 11 is 0. The molecule has 24 heavy (non-hydrogen) atoms. The zero-order valence-corrected chi connectivity index (χ0v) is 14.2. The largest absolute Gasteiger partial charge is 0.477 e. The molecule has 0 aromatic heterocycles. The van der Waals surface area contributed by atoms with Crippen molar-refractivity contribution in [2.75, 3.05) is 13.1 Å². The number of nitrogens with zero attached hydrogens (tertiary/aromatic N) is 1. The van der Waals surface area contributed by atoms with Crippen LogP contribution in [-0.2, 0) is 9.53 Å². The normalized spacial score (nSPS) is 17.2. The molecule has 2 amide bonds. The van der Waals surface area contributed by atoms with Crippen LogP contribution in [0.1, 0.15) is 33.6 Å². The van der Waals surface area contributed by atoms with E-state index < -0.39 is 29.0 Å². The standard InChI is InChI=1S/C17H23FN2O4/c1-16(2,3)24-15(22)20-10-8-17(9-11-20,14(19)21)23-13-6-4-12(18)5-7-13/h4-7H,8-11H2,1-3H3,(H2,19,21). The van der Waals surface area contributed by atoms with Crippen molar-refractivity contribution in [3.8, 4) is 5.75 Å². The van der Waals surface area contributed by atoms with Crippen LogP contribution in [0.25, 0.3) is 0 Å². The van der Waals surface area contributed by atoms with Crippen molar-refractivity contribution in [1.29, 1.82) is 0 Å². The molecule has 132 valence electrons. The first-order valence-electron chi connectivity index (χ1n) is 7.84. The van der Waals surface area contributed by atoms with Gasteiger partial charge in [-0.1, -0.05) is 0 Å². The second-order valence-corrected chi connectivity index (χ2v) is 6.88. The molecule has 0 atom stereocenters. The first kappa shape index (κ1) is 18.0. The van der Waals surface area contributed by atoms with E-state index >= 15 is 0 Å². The molecule has 0 unspecified atom stereocenters. The van der Waals surface area contributed by atoms with Crippen LogP contribution < -0.4 is 10.5 Å². The lowest BCUT2D eigenvalue weighted by Crippen LogP contribution is -2.57. The highest BCUT2D eigenvalue weighted by Crippen LogP contribution is 2.29. The molecule has 7 heteroatoms. The maximum atomic E-state index is 13.0. The number of halogens is 1. The van der Waals surface area contributed by atoms with E-state index in [-0.39, 0.29) is 12.8 Å². The molecule has 0 saturated carbocycles. The molecule has 0 aliphatic carbocycles. The van der Waals surface area contributed by atoms with Crippen LogP contribution >= 0.6 is 0 Å². The summed E-state index contributed by atoms with van der Waals surface area (Å²) in [5.41, 5.74) is 3.74. The third-order valence-electron chi connectivity index (χ3n) is 3.80. The van der Waals surface area contributed by atoms with Gasteiger partial charge in [0, 0.05) is 25.9 Å². The molecule has 1 aromatic carbocycles. The number of carbonyl (C=O) groups is 2. The second kappa shape index (κ2) is 6.67. The molecule has 1 fully saturated rings. The van der Waals surface area contributed by atoms with Gasteiger partial charge in [0.25, 0.3) is 5.91 Å². The number of benzene rings is 1. The summed E-state index contributed by atoms with van der Waals surface area (Å²) in [6, 6.07) is 5.39. The summed E-state index contributed by atoms with van der Waals surface area (Å²) < 4.78 is 24.1. The van der Waals surface area contributed by atoms with Crippen molar-refractivity contribution in [2.24, 2.45) is 5.73 Å². The molecule has 1 aliphatic heterocycles. The first-order valence-corrected chi connectivity index (χ1v) is 7.84. The third-order valence-corrected chi connectivity index (χ3v) is 3.80. The first-order chi connectivity index (χ1) is 11.1. The lowest BCUT2D eigenvalue weighted by Gasteiger charge is -2.39. The van der Waals surface area contributed by atoms with E-state index in [1.807, 2.05) is 0 Å². The lowest BCUT2D eigenvalue weighted by atomic mass is 9.90. The van der Waals surface area contributed by atoms with Crippen LogP contribution in [0, 0.1) is 5.82 Å². The van der Waals surface area contributed by atoms with Crippen molar-refractivity contribution in [3.05, 3.63) is 30.1 Å². The van der Waals surface area contributed by atoms with Gasteiger partial charge in [-0.05, 0) is 45.0 Å². The van der Waals surface area contributed by atoms with E-state index in [2.05, 4.69) is 0 Å². The average Bonchev–Trinajstić information content (AvgIpc) is 2.48. The van der Waals surface area contributed by atoms with Gasteiger partial charge >= 0.3 is 6.09 Å². The zero-order chi connectivity index (χ0) is 18.0. The van der Waals surface area contributed by atoms with Crippen LogP contribution in [-0.4, -0.2) is 41.2 Å². The molecule has 0 radical (unpaired) electrons. The van der Waals surface area contributed by atoms with E-state index in [0.717, 1.165) is 0 Å². The third kappa shape index (κ3) is 4.37. The SMILES string of the molecule is CC(C)(C)OC(=O)N1CCC(Oc2ccc(F)cc2)(C(N)=O)CC1. The number of likely N-dealkylation sites (tertiary alicyclic amines) is 1.